The maximum Gasteiger partial charge on any atom is 0.183 e. The second-order valence-electron chi connectivity index (χ2n) is 3.33. The van der Waals surface area contributed by atoms with Gasteiger partial charge in [-0.3, -0.25) is 0 Å². The Labute approximate surface area is 102 Å². The van der Waals surface area contributed by atoms with Crippen molar-refractivity contribution in [3.8, 4) is 5.75 Å². The van der Waals surface area contributed by atoms with E-state index in [-0.39, 0.29) is 23.9 Å². The highest BCUT2D eigenvalue weighted by Crippen LogP contribution is 2.24. The van der Waals surface area contributed by atoms with Gasteiger partial charge in [-0.05, 0) is 12.1 Å². The van der Waals surface area contributed by atoms with Gasteiger partial charge in [0.2, 0.25) is 0 Å². The molecule has 2 aromatic rings. The van der Waals surface area contributed by atoms with Crippen LogP contribution in [0.2, 0.25) is 5.02 Å². The zero-order valence-electron chi connectivity index (χ0n) is 8.82. The van der Waals surface area contributed by atoms with Crippen molar-refractivity contribution in [1.82, 2.24) is 5.16 Å². The van der Waals surface area contributed by atoms with E-state index in [1.807, 2.05) is 0 Å². The number of nitrogens with zero attached hydrogens (tertiary/aromatic N) is 1. The molecule has 0 spiro atoms. The number of nitrogens with two attached hydrogens (primary N) is 1. The van der Waals surface area contributed by atoms with Gasteiger partial charge in [0.05, 0.1) is 10.7 Å². The molecule has 0 bridgehead atoms. The van der Waals surface area contributed by atoms with Crippen LogP contribution in [0, 0.1) is 5.82 Å². The Morgan fingerprint density at radius 3 is 3.00 bits per heavy atom. The van der Waals surface area contributed by atoms with Gasteiger partial charge in [0.1, 0.15) is 6.61 Å². The molecule has 0 unspecified atom stereocenters. The Hall–Kier alpha value is -1.59. The minimum absolute atomic E-state index is 0.0164. The highest BCUT2D eigenvalue weighted by atomic mass is 35.5. The number of aromatic nitrogens is 1. The van der Waals surface area contributed by atoms with Crippen molar-refractivity contribution < 1.29 is 13.7 Å². The van der Waals surface area contributed by atoms with Crippen LogP contribution in [0.1, 0.15) is 11.5 Å². The fourth-order valence-electron chi connectivity index (χ4n) is 1.26. The molecule has 0 aliphatic heterocycles. The van der Waals surface area contributed by atoms with Crippen LogP contribution in [-0.4, -0.2) is 5.16 Å². The van der Waals surface area contributed by atoms with Gasteiger partial charge in [0, 0.05) is 12.6 Å². The summed E-state index contributed by atoms with van der Waals surface area (Å²) in [5.74, 6) is -0.0410. The van der Waals surface area contributed by atoms with E-state index >= 15 is 0 Å². The summed E-state index contributed by atoms with van der Waals surface area (Å²) in [6.45, 7) is 0.360. The Bertz CT molecular complexity index is 516. The Balaban J connectivity index is 2.04. The van der Waals surface area contributed by atoms with Gasteiger partial charge in [-0.25, -0.2) is 4.39 Å². The molecule has 0 amide bonds. The number of halogens is 2. The summed E-state index contributed by atoms with van der Waals surface area (Å²) in [5, 5.41) is 3.70. The molecule has 6 heteroatoms. The second kappa shape index (κ2) is 5.16. The van der Waals surface area contributed by atoms with Crippen LogP contribution in [0.4, 0.5) is 4.39 Å². The Kier molecular flexibility index (Phi) is 3.61. The summed E-state index contributed by atoms with van der Waals surface area (Å²) < 4.78 is 23.6. The van der Waals surface area contributed by atoms with Crippen molar-refractivity contribution in [2.24, 2.45) is 5.73 Å². The van der Waals surface area contributed by atoms with E-state index in [9.17, 15) is 4.39 Å². The maximum absolute atomic E-state index is 13.5. The molecule has 1 aromatic carbocycles. The average molecular weight is 257 g/mol. The molecule has 17 heavy (non-hydrogen) atoms. The molecule has 2 N–H and O–H groups in total. The van der Waals surface area contributed by atoms with Crippen LogP contribution in [0.15, 0.2) is 28.8 Å². The van der Waals surface area contributed by atoms with E-state index in [0.29, 0.717) is 11.5 Å². The summed E-state index contributed by atoms with van der Waals surface area (Å²) in [4.78, 5) is 0. The van der Waals surface area contributed by atoms with E-state index in [0.717, 1.165) is 0 Å². The minimum atomic E-state index is -0.590. The molecule has 0 aliphatic carbocycles. The lowest BCUT2D eigenvalue weighted by molar-refractivity contribution is 0.240. The summed E-state index contributed by atoms with van der Waals surface area (Å²) in [7, 11) is 0. The molecule has 0 aliphatic rings. The highest BCUT2D eigenvalue weighted by molar-refractivity contribution is 6.30. The summed E-state index contributed by atoms with van der Waals surface area (Å²) in [6.07, 6.45) is 0. The third kappa shape index (κ3) is 2.75. The summed E-state index contributed by atoms with van der Waals surface area (Å²) in [6, 6.07) is 6.20. The van der Waals surface area contributed by atoms with Gasteiger partial charge in [-0.2, -0.15) is 0 Å². The molecule has 2 rings (SSSR count). The molecular weight excluding hydrogens is 247 g/mol. The largest absolute Gasteiger partial charge is 0.482 e. The molecule has 4 nitrogen and oxygen atoms in total. The lowest BCUT2D eigenvalue weighted by Gasteiger charge is -2.05. The van der Waals surface area contributed by atoms with Gasteiger partial charge < -0.3 is 15.0 Å². The fourth-order valence-corrected chi connectivity index (χ4v) is 1.43. The molecule has 0 saturated carbocycles. The van der Waals surface area contributed by atoms with E-state index in [1.54, 1.807) is 12.1 Å². The van der Waals surface area contributed by atoms with Crippen molar-refractivity contribution in [1.29, 1.82) is 0 Å². The van der Waals surface area contributed by atoms with E-state index in [2.05, 4.69) is 5.16 Å². The predicted octanol–water partition coefficient (Wildman–Crippen LogP) is 2.50. The third-order valence-corrected chi connectivity index (χ3v) is 2.39. The number of ether oxygens (including phenoxy) is 1. The molecule has 1 aromatic heterocycles. The van der Waals surface area contributed by atoms with Crippen LogP contribution in [0.5, 0.6) is 5.75 Å². The van der Waals surface area contributed by atoms with Gasteiger partial charge in [-0.1, -0.05) is 22.8 Å². The van der Waals surface area contributed by atoms with Gasteiger partial charge >= 0.3 is 0 Å². The smallest absolute Gasteiger partial charge is 0.183 e. The lowest BCUT2D eigenvalue weighted by atomic mass is 10.3. The second-order valence-corrected chi connectivity index (χ2v) is 3.74. The Morgan fingerprint density at radius 1 is 1.47 bits per heavy atom. The first-order chi connectivity index (χ1) is 8.20. The first kappa shape index (κ1) is 11.9. The zero-order chi connectivity index (χ0) is 12.3. The monoisotopic (exact) mass is 256 g/mol. The minimum Gasteiger partial charge on any atom is -0.482 e. The highest BCUT2D eigenvalue weighted by Gasteiger charge is 2.09. The molecular formula is C11H10ClFN2O2. The maximum atomic E-state index is 13.5. The van der Waals surface area contributed by atoms with Crippen LogP contribution in [-0.2, 0) is 13.2 Å². The van der Waals surface area contributed by atoms with E-state index < -0.39 is 5.82 Å². The van der Waals surface area contributed by atoms with Gasteiger partial charge in [0.25, 0.3) is 0 Å². The number of hydrogen-bond acceptors (Lipinski definition) is 4. The van der Waals surface area contributed by atoms with Crippen LogP contribution >= 0.6 is 11.6 Å². The lowest BCUT2D eigenvalue weighted by Crippen LogP contribution is -1.97. The van der Waals surface area contributed by atoms with Crippen molar-refractivity contribution in [2.45, 2.75) is 13.2 Å². The Morgan fingerprint density at radius 2 is 2.29 bits per heavy atom. The predicted molar refractivity (Wildman–Crippen MR) is 60.1 cm³/mol. The van der Waals surface area contributed by atoms with Crippen molar-refractivity contribution >= 4 is 11.6 Å². The molecule has 1 heterocycles. The standard InChI is InChI=1S/C11H10ClFN2O2/c12-9-2-1-3-10(11(9)13)16-6-8-4-7(5-14)15-17-8/h1-4H,5-6,14H2. The number of rotatable bonds is 4. The van der Waals surface area contributed by atoms with E-state index in [4.69, 9.17) is 26.6 Å². The van der Waals surface area contributed by atoms with Gasteiger partial charge in [0.15, 0.2) is 17.3 Å². The topological polar surface area (TPSA) is 61.3 Å². The number of benzene rings is 1. The van der Waals surface area contributed by atoms with Crippen molar-refractivity contribution in [3.63, 3.8) is 0 Å². The quantitative estimate of drug-likeness (QED) is 0.913. The number of hydrogen-bond donors (Lipinski definition) is 1. The molecule has 0 atom stereocenters. The zero-order valence-corrected chi connectivity index (χ0v) is 9.58. The van der Waals surface area contributed by atoms with Crippen LogP contribution < -0.4 is 10.5 Å². The average Bonchev–Trinajstić information content (AvgIpc) is 2.79. The van der Waals surface area contributed by atoms with Crippen molar-refractivity contribution in [2.75, 3.05) is 0 Å². The SMILES string of the molecule is NCc1cc(COc2cccc(Cl)c2F)on1. The van der Waals surface area contributed by atoms with E-state index in [1.165, 1.54) is 12.1 Å². The molecule has 0 radical (unpaired) electrons. The summed E-state index contributed by atoms with van der Waals surface area (Å²) in [5.41, 5.74) is 5.99. The molecule has 90 valence electrons. The normalized spacial score (nSPS) is 10.5. The summed E-state index contributed by atoms with van der Waals surface area (Å²) >= 11 is 5.61. The molecule has 0 fully saturated rings. The van der Waals surface area contributed by atoms with Crippen molar-refractivity contribution in [3.05, 3.63) is 46.6 Å². The van der Waals surface area contributed by atoms with Gasteiger partial charge in [-0.15, -0.1) is 0 Å². The third-order valence-electron chi connectivity index (χ3n) is 2.10. The molecule has 0 saturated heterocycles. The fraction of sp³-hybridized carbons (Fsp3) is 0.182. The first-order valence-electron chi connectivity index (χ1n) is 4.92. The van der Waals surface area contributed by atoms with Crippen LogP contribution in [0.25, 0.3) is 0 Å². The first-order valence-corrected chi connectivity index (χ1v) is 5.30. The van der Waals surface area contributed by atoms with Crippen LogP contribution in [0.3, 0.4) is 0 Å².